The van der Waals surface area contributed by atoms with Crippen LogP contribution in [-0.4, -0.2) is 18.0 Å². The van der Waals surface area contributed by atoms with Crippen LogP contribution in [0.15, 0.2) is 0 Å². The van der Waals surface area contributed by atoms with E-state index in [1.165, 1.54) is 57.8 Å². The molecule has 2 saturated carbocycles. The van der Waals surface area contributed by atoms with Crippen LogP contribution in [0.3, 0.4) is 0 Å². The summed E-state index contributed by atoms with van der Waals surface area (Å²) in [4.78, 5) is 0. The molecule has 2 fully saturated rings. The first-order chi connectivity index (χ1) is 7.35. The minimum atomic E-state index is 0.473. The summed E-state index contributed by atoms with van der Waals surface area (Å²) in [5, 5.41) is 1.13. The van der Waals surface area contributed by atoms with Crippen LogP contribution in [0.1, 0.15) is 57.8 Å². The fraction of sp³-hybridized carbons (Fsp3) is 1.00. The molecule has 88 valence electrons. The number of ether oxygens (including phenoxy) is 1. The first kappa shape index (κ1) is 11.9. The Morgan fingerprint density at radius 3 is 2.27 bits per heavy atom. The third-order valence-corrected chi connectivity index (χ3v) is 5.31. The van der Waals surface area contributed by atoms with Crippen LogP contribution in [0.25, 0.3) is 0 Å². The highest BCUT2D eigenvalue weighted by Crippen LogP contribution is 2.39. The summed E-state index contributed by atoms with van der Waals surface area (Å²) in [5.41, 5.74) is 0.473. The summed E-state index contributed by atoms with van der Waals surface area (Å²) in [5.74, 6) is 0. The second-order valence-corrected chi connectivity index (χ2v) is 5.97. The predicted octanol–water partition coefficient (Wildman–Crippen LogP) is 4.29. The Morgan fingerprint density at radius 1 is 1.00 bits per heavy atom. The monoisotopic (exact) mass is 274 g/mol. The zero-order valence-electron chi connectivity index (χ0n) is 9.64. The van der Waals surface area contributed by atoms with E-state index in [0.717, 1.165) is 11.9 Å². The van der Waals surface area contributed by atoms with Crippen LogP contribution in [0.2, 0.25) is 0 Å². The maximum absolute atomic E-state index is 6.11. The van der Waals surface area contributed by atoms with E-state index in [0.29, 0.717) is 11.5 Å². The summed E-state index contributed by atoms with van der Waals surface area (Å²) >= 11 is 3.70. The van der Waals surface area contributed by atoms with Gasteiger partial charge in [0.05, 0.1) is 12.7 Å². The molecule has 0 unspecified atom stereocenters. The Hall–Kier alpha value is 0.440. The number of hydrogen-bond donors (Lipinski definition) is 0. The van der Waals surface area contributed by atoms with Gasteiger partial charge >= 0.3 is 0 Å². The highest BCUT2D eigenvalue weighted by Gasteiger charge is 2.32. The quantitative estimate of drug-likeness (QED) is 0.695. The lowest BCUT2D eigenvalue weighted by Crippen LogP contribution is -2.33. The summed E-state index contributed by atoms with van der Waals surface area (Å²) < 4.78 is 6.11. The van der Waals surface area contributed by atoms with E-state index < -0.39 is 0 Å². The van der Waals surface area contributed by atoms with Crippen LogP contribution in [0.4, 0.5) is 0 Å². The molecular weight excluding hydrogens is 252 g/mol. The van der Waals surface area contributed by atoms with Gasteiger partial charge in [-0.3, -0.25) is 0 Å². The molecule has 2 rings (SSSR count). The van der Waals surface area contributed by atoms with Crippen molar-refractivity contribution in [2.24, 2.45) is 5.41 Å². The topological polar surface area (TPSA) is 9.23 Å². The first-order valence-electron chi connectivity index (χ1n) is 6.52. The number of alkyl halides is 1. The Morgan fingerprint density at radius 2 is 1.67 bits per heavy atom. The molecule has 2 heteroatoms. The summed E-state index contributed by atoms with van der Waals surface area (Å²) in [7, 11) is 0. The van der Waals surface area contributed by atoms with E-state index in [4.69, 9.17) is 4.74 Å². The maximum Gasteiger partial charge on any atom is 0.0575 e. The maximum atomic E-state index is 6.11. The van der Waals surface area contributed by atoms with E-state index in [2.05, 4.69) is 15.9 Å². The normalized spacial score (nSPS) is 27.0. The van der Waals surface area contributed by atoms with Gasteiger partial charge < -0.3 is 4.74 Å². The highest BCUT2D eigenvalue weighted by atomic mass is 79.9. The molecule has 2 aliphatic rings. The van der Waals surface area contributed by atoms with E-state index >= 15 is 0 Å². The van der Waals surface area contributed by atoms with Gasteiger partial charge in [0.2, 0.25) is 0 Å². The molecule has 15 heavy (non-hydrogen) atoms. The molecule has 0 N–H and O–H groups in total. The zero-order valence-corrected chi connectivity index (χ0v) is 11.2. The summed E-state index contributed by atoms with van der Waals surface area (Å²) in [6.45, 7) is 1.00. The van der Waals surface area contributed by atoms with Crippen molar-refractivity contribution in [2.45, 2.75) is 63.9 Å². The smallest absolute Gasteiger partial charge is 0.0575 e. The minimum absolute atomic E-state index is 0.473. The SMILES string of the molecule is BrCC1(COC2CCCC2)CCCCC1. The number of halogens is 1. The largest absolute Gasteiger partial charge is 0.378 e. The molecule has 0 saturated heterocycles. The molecule has 0 aromatic heterocycles. The number of hydrogen-bond acceptors (Lipinski definition) is 1. The Labute approximate surface area is 102 Å². The third-order valence-electron chi connectivity index (χ3n) is 4.13. The van der Waals surface area contributed by atoms with Crippen molar-refractivity contribution in [3.63, 3.8) is 0 Å². The first-order valence-corrected chi connectivity index (χ1v) is 7.64. The van der Waals surface area contributed by atoms with Crippen LogP contribution in [0, 0.1) is 5.41 Å². The molecule has 2 aliphatic carbocycles. The van der Waals surface area contributed by atoms with Crippen molar-refractivity contribution >= 4 is 15.9 Å². The average Bonchev–Trinajstić information content (AvgIpc) is 2.81. The van der Waals surface area contributed by atoms with E-state index in [1.54, 1.807) is 0 Å². The van der Waals surface area contributed by atoms with Gasteiger partial charge in [-0.05, 0) is 25.7 Å². The van der Waals surface area contributed by atoms with Crippen molar-refractivity contribution in [3.05, 3.63) is 0 Å². The van der Waals surface area contributed by atoms with Gasteiger partial charge in [-0.2, -0.15) is 0 Å². The standard InChI is InChI=1S/C13H23BrO/c14-10-13(8-4-1-5-9-13)11-15-12-6-2-3-7-12/h12H,1-11H2. The molecule has 0 radical (unpaired) electrons. The van der Waals surface area contributed by atoms with Crippen LogP contribution >= 0.6 is 15.9 Å². The summed E-state index contributed by atoms with van der Waals surface area (Å²) in [6, 6.07) is 0. The van der Waals surface area contributed by atoms with Gasteiger partial charge in [-0.15, -0.1) is 0 Å². The molecule has 0 aromatic carbocycles. The van der Waals surface area contributed by atoms with Gasteiger partial charge in [-0.1, -0.05) is 48.0 Å². The van der Waals surface area contributed by atoms with Crippen LogP contribution in [0.5, 0.6) is 0 Å². The van der Waals surface area contributed by atoms with Crippen molar-refractivity contribution in [1.82, 2.24) is 0 Å². The lowest BCUT2D eigenvalue weighted by atomic mass is 9.76. The minimum Gasteiger partial charge on any atom is -0.378 e. The molecule has 0 atom stereocenters. The van der Waals surface area contributed by atoms with Crippen LogP contribution < -0.4 is 0 Å². The number of rotatable bonds is 4. The Balaban J connectivity index is 1.78. The summed E-state index contributed by atoms with van der Waals surface area (Å²) in [6.07, 6.45) is 12.9. The van der Waals surface area contributed by atoms with Crippen molar-refractivity contribution in [1.29, 1.82) is 0 Å². The van der Waals surface area contributed by atoms with Crippen LogP contribution in [-0.2, 0) is 4.74 Å². The molecule has 1 nitrogen and oxygen atoms in total. The lowest BCUT2D eigenvalue weighted by molar-refractivity contribution is -0.0114. The van der Waals surface area contributed by atoms with Gasteiger partial charge in [0.15, 0.2) is 0 Å². The fourth-order valence-corrected chi connectivity index (χ4v) is 3.69. The molecule has 0 aliphatic heterocycles. The molecular formula is C13H23BrO. The van der Waals surface area contributed by atoms with E-state index in [-0.39, 0.29) is 0 Å². The van der Waals surface area contributed by atoms with Crippen molar-refractivity contribution in [3.8, 4) is 0 Å². The molecule has 0 amide bonds. The van der Waals surface area contributed by atoms with Gasteiger partial charge in [0.1, 0.15) is 0 Å². The van der Waals surface area contributed by atoms with Gasteiger partial charge in [0.25, 0.3) is 0 Å². The van der Waals surface area contributed by atoms with E-state index in [1.807, 2.05) is 0 Å². The molecule has 0 spiro atoms. The predicted molar refractivity (Wildman–Crippen MR) is 67.5 cm³/mol. The lowest BCUT2D eigenvalue weighted by Gasteiger charge is -2.36. The fourth-order valence-electron chi connectivity index (χ4n) is 2.97. The van der Waals surface area contributed by atoms with Crippen molar-refractivity contribution < 1.29 is 4.74 Å². The van der Waals surface area contributed by atoms with Gasteiger partial charge in [-0.25, -0.2) is 0 Å². The third kappa shape index (κ3) is 3.20. The second kappa shape index (κ2) is 5.67. The molecule has 0 aromatic rings. The molecule has 0 bridgehead atoms. The van der Waals surface area contributed by atoms with Gasteiger partial charge in [0, 0.05) is 10.7 Å². The highest BCUT2D eigenvalue weighted by molar-refractivity contribution is 9.09. The molecule has 0 heterocycles. The van der Waals surface area contributed by atoms with E-state index in [9.17, 15) is 0 Å². The van der Waals surface area contributed by atoms with Crippen molar-refractivity contribution in [2.75, 3.05) is 11.9 Å². The average molecular weight is 275 g/mol. The zero-order chi connectivity index (χ0) is 10.6. The Bertz CT molecular complexity index is 181. The second-order valence-electron chi connectivity index (χ2n) is 5.41. The Kier molecular flexibility index (Phi) is 4.51.